The van der Waals surface area contributed by atoms with Crippen molar-refractivity contribution < 1.29 is 9.59 Å². The first-order valence-corrected chi connectivity index (χ1v) is 12.3. The van der Waals surface area contributed by atoms with Crippen LogP contribution in [0.5, 0.6) is 0 Å². The molecule has 4 rings (SSSR count). The standard InChI is InChI=1S/C25H35ClN2O2/c1-18-9-15-21(16-10-18)27-17-23(29)28(22-7-5-3-2-4-6-8-22)24(25(27)30)19-11-13-20(26)14-12-19/h11-14,18,21-22,24H,2-10,15-17H2,1H3/t18?,21?,24-/m1/s1. The predicted octanol–water partition coefficient (Wildman–Crippen LogP) is 5.74. The molecule has 0 N–H and O–H groups in total. The number of carbonyl (C=O) groups is 2. The van der Waals surface area contributed by atoms with E-state index in [1.807, 2.05) is 34.1 Å². The Labute approximate surface area is 185 Å². The van der Waals surface area contributed by atoms with E-state index >= 15 is 0 Å². The number of rotatable bonds is 3. The van der Waals surface area contributed by atoms with Crippen molar-refractivity contribution in [2.75, 3.05) is 6.54 Å². The molecule has 0 unspecified atom stereocenters. The van der Waals surface area contributed by atoms with Crippen LogP contribution in [-0.4, -0.2) is 40.2 Å². The lowest BCUT2D eigenvalue weighted by molar-refractivity contribution is -0.162. The fourth-order valence-electron chi connectivity index (χ4n) is 5.66. The summed E-state index contributed by atoms with van der Waals surface area (Å²) in [6.45, 7) is 2.53. The summed E-state index contributed by atoms with van der Waals surface area (Å²) >= 11 is 6.13. The Balaban J connectivity index is 1.64. The summed E-state index contributed by atoms with van der Waals surface area (Å²) in [6.07, 6.45) is 12.3. The molecule has 4 nitrogen and oxygen atoms in total. The van der Waals surface area contributed by atoms with Crippen LogP contribution in [0.4, 0.5) is 0 Å². The molecular formula is C25H35ClN2O2. The van der Waals surface area contributed by atoms with E-state index in [4.69, 9.17) is 11.6 Å². The van der Waals surface area contributed by atoms with Crippen LogP contribution < -0.4 is 0 Å². The molecule has 1 atom stereocenters. The lowest BCUT2D eigenvalue weighted by Gasteiger charge is -2.48. The van der Waals surface area contributed by atoms with E-state index in [0.717, 1.165) is 62.8 Å². The van der Waals surface area contributed by atoms with Crippen molar-refractivity contribution in [2.45, 2.75) is 95.7 Å². The van der Waals surface area contributed by atoms with Crippen molar-refractivity contribution in [2.24, 2.45) is 5.92 Å². The molecule has 0 aromatic heterocycles. The van der Waals surface area contributed by atoms with Gasteiger partial charge in [-0.15, -0.1) is 0 Å². The van der Waals surface area contributed by atoms with Crippen molar-refractivity contribution in [1.29, 1.82) is 0 Å². The van der Waals surface area contributed by atoms with Crippen LogP contribution in [0.1, 0.15) is 89.2 Å². The molecule has 2 amide bonds. The first kappa shape index (κ1) is 21.7. The van der Waals surface area contributed by atoms with E-state index in [9.17, 15) is 9.59 Å². The third-order valence-electron chi connectivity index (χ3n) is 7.47. The molecule has 2 saturated carbocycles. The normalized spacial score (nSPS) is 29.6. The Morgan fingerprint density at radius 2 is 1.40 bits per heavy atom. The molecule has 1 aliphatic heterocycles. The van der Waals surface area contributed by atoms with E-state index in [1.165, 1.54) is 19.3 Å². The van der Waals surface area contributed by atoms with Crippen LogP contribution in [0.2, 0.25) is 5.02 Å². The predicted molar refractivity (Wildman–Crippen MR) is 120 cm³/mol. The maximum absolute atomic E-state index is 13.8. The lowest BCUT2D eigenvalue weighted by atomic mass is 9.85. The zero-order chi connectivity index (χ0) is 21.1. The average Bonchev–Trinajstić information content (AvgIpc) is 2.71. The van der Waals surface area contributed by atoms with Gasteiger partial charge in [0.05, 0.1) is 0 Å². The van der Waals surface area contributed by atoms with Gasteiger partial charge in [-0.05, 0) is 62.1 Å². The van der Waals surface area contributed by atoms with Gasteiger partial charge in [0, 0.05) is 17.1 Å². The quantitative estimate of drug-likeness (QED) is 0.613. The van der Waals surface area contributed by atoms with Crippen LogP contribution in [0, 0.1) is 5.92 Å². The SMILES string of the molecule is CC1CCC(N2CC(=O)N(C3CCCCCCC3)[C@H](c3ccc(Cl)cc3)C2=O)CC1. The second-order valence-corrected chi connectivity index (χ2v) is 10.1. The second-order valence-electron chi connectivity index (χ2n) is 9.63. The number of hydrogen-bond donors (Lipinski definition) is 0. The van der Waals surface area contributed by atoms with Crippen LogP contribution in [0.3, 0.4) is 0 Å². The zero-order valence-corrected chi connectivity index (χ0v) is 18.9. The highest BCUT2D eigenvalue weighted by atomic mass is 35.5. The van der Waals surface area contributed by atoms with Gasteiger partial charge in [0.25, 0.3) is 5.91 Å². The molecule has 0 spiro atoms. The minimum absolute atomic E-state index is 0.110. The molecule has 0 bridgehead atoms. The molecule has 2 aliphatic carbocycles. The number of carbonyl (C=O) groups excluding carboxylic acids is 2. The Morgan fingerprint density at radius 1 is 0.800 bits per heavy atom. The lowest BCUT2D eigenvalue weighted by Crippen LogP contribution is -2.61. The van der Waals surface area contributed by atoms with Gasteiger partial charge in [-0.1, -0.05) is 62.8 Å². The molecule has 1 heterocycles. The number of hydrogen-bond acceptors (Lipinski definition) is 2. The van der Waals surface area contributed by atoms with Crippen molar-refractivity contribution in [1.82, 2.24) is 9.80 Å². The molecule has 5 heteroatoms. The highest BCUT2D eigenvalue weighted by molar-refractivity contribution is 6.30. The molecule has 30 heavy (non-hydrogen) atoms. The minimum atomic E-state index is -0.507. The fraction of sp³-hybridized carbons (Fsp3) is 0.680. The topological polar surface area (TPSA) is 40.6 Å². The molecular weight excluding hydrogens is 396 g/mol. The Kier molecular flexibility index (Phi) is 7.02. The highest BCUT2D eigenvalue weighted by Gasteiger charge is 2.45. The second kappa shape index (κ2) is 9.72. The van der Waals surface area contributed by atoms with Crippen molar-refractivity contribution in [3.05, 3.63) is 34.9 Å². The number of benzene rings is 1. The molecule has 1 aromatic carbocycles. The molecule has 1 aromatic rings. The first-order valence-electron chi connectivity index (χ1n) is 11.9. The van der Waals surface area contributed by atoms with Gasteiger partial charge in [-0.25, -0.2) is 0 Å². The number of amides is 2. The summed E-state index contributed by atoms with van der Waals surface area (Å²) < 4.78 is 0. The van der Waals surface area contributed by atoms with E-state index < -0.39 is 6.04 Å². The van der Waals surface area contributed by atoms with Crippen molar-refractivity contribution in [3.63, 3.8) is 0 Å². The largest absolute Gasteiger partial charge is 0.328 e. The zero-order valence-electron chi connectivity index (χ0n) is 18.2. The van der Waals surface area contributed by atoms with Crippen LogP contribution in [-0.2, 0) is 9.59 Å². The van der Waals surface area contributed by atoms with Gasteiger partial charge < -0.3 is 9.80 Å². The van der Waals surface area contributed by atoms with Crippen LogP contribution in [0.15, 0.2) is 24.3 Å². The van der Waals surface area contributed by atoms with Crippen LogP contribution >= 0.6 is 11.6 Å². The van der Waals surface area contributed by atoms with E-state index in [0.29, 0.717) is 5.02 Å². The third kappa shape index (κ3) is 4.69. The first-order chi connectivity index (χ1) is 14.5. The van der Waals surface area contributed by atoms with Crippen molar-refractivity contribution in [3.8, 4) is 0 Å². The Hall–Kier alpha value is -1.55. The summed E-state index contributed by atoms with van der Waals surface area (Å²) in [7, 11) is 0. The maximum atomic E-state index is 13.8. The minimum Gasteiger partial charge on any atom is -0.328 e. The molecule has 0 radical (unpaired) electrons. The summed E-state index contributed by atoms with van der Waals surface area (Å²) in [5.74, 6) is 0.951. The highest BCUT2D eigenvalue weighted by Crippen LogP contribution is 2.37. The third-order valence-corrected chi connectivity index (χ3v) is 7.72. The van der Waals surface area contributed by atoms with Gasteiger partial charge in [0.2, 0.25) is 5.91 Å². The van der Waals surface area contributed by atoms with Crippen LogP contribution in [0.25, 0.3) is 0 Å². The van der Waals surface area contributed by atoms with Gasteiger partial charge in [0.15, 0.2) is 0 Å². The Bertz CT molecular complexity index is 734. The Morgan fingerprint density at radius 3 is 2.03 bits per heavy atom. The summed E-state index contributed by atoms with van der Waals surface area (Å²) in [4.78, 5) is 31.2. The monoisotopic (exact) mass is 430 g/mol. The molecule has 164 valence electrons. The average molecular weight is 431 g/mol. The van der Waals surface area contributed by atoms with Gasteiger partial charge in [-0.2, -0.15) is 0 Å². The van der Waals surface area contributed by atoms with E-state index in [2.05, 4.69) is 6.92 Å². The summed E-state index contributed by atoms with van der Waals surface area (Å²) in [5.41, 5.74) is 0.897. The number of nitrogens with zero attached hydrogens (tertiary/aromatic N) is 2. The summed E-state index contributed by atoms with van der Waals surface area (Å²) in [6, 6.07) is 7.40. The van der Waals surface area contributed by atoms with Gasteiger partial charge in [0.1, 0.15) is 12.6 Å². The van der Waals surface area contributed by atoms with Gasteiger partial charge >= 0.3 is 0 Å². The number of piperazine rings is 1. The molecule has 3 aliphatic rings. The number of halogens is 1. The van der Waals surface area contributed by atoms with Crippen molar-refractivity contribution >= 4 is 23.4 Å². The molecule has 3 fully saturated rings. The van der Waals surface area contributed by atoms with E-state index in [1.54, 1.807) is 0 Å². The smallest absolute Gasteiger partial charge is 0.250 e. The van der Waals surface area contributed by atoms with E-state index in [-0.39, 0.29) is 30.4 Å². The summed E-state index contributed by atoms with van der Waals surface area (Å²) in [5, 5.41) is 0.656. The maximum Gasteiger partial charge on any atom is 0.250 e. The fourth-order valence-corrected chi connectivity index (χ4v) is 5.79. The van der Waals surface area contributed by atoms with Gasteiger partial charge in [-0.3, -0.25) is 9.59 Å². The molecule has 1 saturated heterocycles.